The predicted octanol–water partition coefficient (Wildman–Crippen LogP) is 4.15. The molecular weight excluding hydrogens is 315 g/mol. The monoisotopic (exact) mass is 324 g/mol. The third-order valence-corrected chi connectivity index (χ3v) is 3.97. The molecule has 2 nitrogen and oxygen atoms in total. The molecule has 0 unspecified atom stereocenters. The molecule has 0 N–H and O–H groups in total. The van der Waals surface area contributed by atoms with Crippen LogP contribution >= 0.6 is 11.6 Å². The molecule has 0 aliphatic heterocycles. The van der Waals surface area contributed by atoms with Gasteiger partial charge in [-0.05, 0) is 25.0 Å². The van der Waals surface area contributed by atoms with Crippen molar-refractivity contribution in [2.45, 2.75) is 31.0 Å². The van der Waals surface area contributed by atoms with E-state index in [1.807, 2.05) is 0 Å². The molecule has 21 heavy (non-hydrogen) atoms. The maximum absolute atomic E-state index is 14.0. The van der Waals surface area contributed by atoms with Gasteiger partial charge >= 0.3 is 6.18 Å². The van der Waals surface area contributed by atoms with Crippen LogP contribution in [0.4, 0.5) is 22.0 Å². The van der Waals surface area contributed by atoms with Gasteiger partial charge in [0.1, 0.15) is 16.9 Å². The number of aryl methyl sites for hydroxylation is 1. The number of nitrogens with zero attached hydrogens (tertiary/aromatic N) is 2. The van der Waals surface area contributed by atoms with Crippen LogP contribution in [-0.2, 0) is 12.0 Å². The number of halogens is 6. The van der Waals surface area contributed by atoms with Crippen LogP contribution in [0.3, 0.4) is 0 Å². The van der Waals surface area contributed by atoms with Crippen molar-refractivity contribution in [3.05, 3.63) is 29.6 Å². The summed E-state index contributed by atoms with van der Waals surface area (Å²) in [6.07, 6.45) is -4.85. The number of imidazole rings is 1. The first-order chi connectivity index (χ1) is 9.82. The third kappa shape index (κ3) is 2.01. The average molecular weight is 325 g/mol. The summed E-state index contributed by atoms with van der Waals surface area (Å²) in [6, 6.07) is 2.03. The largest absolute Gasteiger partial charge is 0.412 e. The van der Waals surface area contributed by atoms with Gasteiger partial charge in [-0.3, -0.25) is 0 Å². The highest BCUT2D eigenvalue weighted by molar-refractivity contribution is 6.17. The van der Waals surface area contributed by atoms with Gasteiger partial charge in [0.2, 0.25) is 0 Å². The predicted molar refractivity (Wildman–Crippen MR) is 67.3 cm³/mol. The zero-order valence-electron chi connectivity index (χ0n) is 10.6. The van der Waals surface area contributed by atoms with E-state index in [0.29, 0.717) is 0 Å². The fourth-order valence-corrected chi connectivity index (χ4v) is 2.79. The number of aromatic nitrogens is 2. The maximum Gasteiger partial charge on any atom is 0.412 e. The molecule has 0 bridgehead atoms. The number of hydrogen-bond donors (Lipinski definition) is 0. The van der Waals surface area contributed by atoms with Crippen molar-refractivity contribution in [2.75, 3.05) is 5.88 Å². The minimum Gasteiger partial charge on any atom is -0.310 e. The average Bonchev–Trinajstić information content (AvgIpc) is 3.12. The molecule has 0 radical (unpaired) electrons. The molecule has 0 atom stereocenters. The lowest BCUT2D eigenvalue weighted by atomic mass is 10.2. The van der Waals surface area contributed by atoms with E-state index in [9.17, 15) is 22.0 Å². The van der Waals surface area contributed by atoms with Gasteiger partial charge in [0.15, 0.2) is 11.6 Å². The summed E-state index contributed by atoms with van der Waals surface area (Å²) in [4.78, 5) is 4.00. The molecule has 1 aliphatic rings. The number of alkyl halides is 4. The van der Waals surface area contributed by atoms with E-state index < -0.39 is 28.9 Å². The Hall–Kier alpha value is -1.37. The molecule has 1 aromatic carbocycles. The topological polar surface area (TPSA) is 17.8 Å². The second-order valence-electron chi connectivity index (χ2n) is 5.06. The molecule has 1 aliphatic carbocycles. The Morgan fingerprint density at radius 3 is 2.43 bits per heavy atom. The number of rotatable bonds is 3. The first-order valence-electron chi connectivity index (χ1n) is 6.30. The van der Waals surface area contributed by atoms with Crippen molar-refractivity contribution in [3.63, 3.8) is 0 Å². The van der Waals surface area contributed by atoms with Crippen molar-refractivity contribution in [3.8, 4) is 0 Å². The quantitative estimate of drug-likeness (QED) is 0.612. The van der Waals surface area contributed by atoms with Crippen LogP contribution in [0.2, 0.25) is 0 Å². The van der Waals surface area contributed by atoms with Crippen LogP contribution in [0.5, 0.6) is 0 Å². The van der Waals surface area contributed by atoms with Gasteiger partial charge in [0, 0.05) is 12.3 Å². The molecule has 1 saturated carbocycles. The molecule has 114 valence electrons. The lowest BCUT2D eigenvalue weighted by Gasteiger charge is -2.24. The summed E-state index contributed by atoms with van der Waals surface area (Å²) in [5.74, 6) is -2.43. The van der Waals surface area contributed by atoms with Crippen molar-refractivity contribution in [1.82, 2.24) is 9.55 Å². The lowest BCUT2D eigenvalue weighted by Crippen LogP contribution is -2.36. The van der Waals surface area contributed by atoms with Crippen molar-refractivity contribution < 1.29 is 22.0 Å². The number of benzene rings is 1. The molecule has 0 amide bonds. The summed E-state index contributed by atoms with van der Waals surface area (Å²) in [5, 5.41) is 0. The van der Waals surface area contributed by atoms with E-state index in [1.54, 1.807) is 0 Å². The Kier molecular flexibility index (Phi) is 3.16. The summed E-state index contributed by atoms with van der Waals surface area (Å²) < 4.78 is 68.2. The third-order valence-electron chi connectivity index (χ3n) is 3.78. The van der Waals surface area contributed by atoms with Crippen molar-refractivity contribution in [1.29, 1.82) is 0 Å². The standard InChI is InChI=1S/C13H10ClF5N2/c14-6-3-9-20-8-2-1-7(15)10(16)11(8)21(9)12(4-5-12)13(17,18)19/h1-2H,3-6H2. The van der Waals surface area contributed by atoms with Gasteiger partial charge in [-0.15, -0.1) is 11.6 Å². The highest BCUT2D eigenvalue weighted by Crippen LogP contribution is 2.57. The Bertz CT molecular complexity index is 703. The van der Waals surface area contributed by atoms with E-state index in [1.165, 1.54) is 6.07 Å². The summed E-state index contributed by atoms with van der Waals surface area (Å²) >= 11 is 5.59. The first-order valence-corrected chi connectivity index (χ1v) is 6.84. The van der Waals surface area contributed by atoms with E-state index in [4.69, 9.17) is 11.6 Å². The zero-order valence-corrected chi connectivity index (χ0v) is 11.4. The van der Waals surface area contributed by atoms with E-state index in [0.717, 1.165) is 10.6 Å². The number of hydrogen-bond acceptors (Lipinski definition) is 1. The summed E-state index contributed by atoms with van der Waals surface area (Å²) in [5.41, 5.74) is -2.63. The minimum absolute atomic E-state index is 0.00421. The van der Waals surface area contributed by atoms with Gasteiger partial charge in [0.25, 0.3) is 0 Å². The van der Waals surface area contributed by atoms with E-state index in [-0.39, 0.29) is 36.5 Å². The smallest absolute Gasteiger partial charge is 0.310 e. The van der Waals surface area contributed by atoms with Gasteiger partial charge in [-0.1, -0.05) is 0 Å². The fourth-order valence-electron chi connectivity index (χ4n) is 2.62. The summed E-state index contributed by atoms with van der Waals surface area (Å²) in [6.45, 7) is 0. The Morgan fingerprint density at radius 2 is 1.90 bits per heavy atom. The van der Waals surface area contributed by atoms with Crippen LogP contribution in [-0.4, -0.2) is 21.6 Å². The van der Waals surface area contributed by atoms with Crippen LogP contribution < -0.4 is 0 Å². The van der Waals surface area contributed by atoms with Crippen molar-refractivity contribution in [2.24, 2.45) is 0 Å². The summed E-state index contributed by atoms with van der Waals surface area (Å²) in [7, 11) is 0. The van der Waals surface area contributed by atoms with Gasteiger partial charge < -0.3 is 4.57 Å². The van der Waals surface area contributed by atoms with E-state index in [2.05, 4.69) is 4.98 Å². The highest BCUT2D eigenvalue weighted by Gasteiger charge is 2.66. The first kappa shape index (κ1) is 14.6. The van der Waals surface area contributed by atoms with Crippen LogP contribution in [0.15, 0.2) is 12.1 Å². The Balaban J connectivity index is 2.34. The molecular formula is C13H10ClF5N2. The second kappa shape index (κ2) is 4.56. The van der Waals surface area contributed by atoms with Gasteiger partial charge in [-0.25, -0.2) is 13.8 Å². The molecule has 1 aromatic heterocycles. The molecule has 2 aromatic rings. The van der Waals surface area contributed by atoms with Crippen LogP contribution in [0, 0.1) is 11.6 Å². The zero-order chi connectivity index (χ0) is 15.4. The number of fused-ring (bicyclic) bond motifs is 1. The second-order valence-corrected chi connectivity index (χ2v) is 5.44. The molecule has 0 spiro atoms. The molecule has 1 fully saturated rings. The van der Waals surface area contributed by atoms with Gasteiger partial charge in [-0.2, -0.15) is 13.2 Å². The van der Waals surface area contributed by atoms with Crippen LogP contribution in [0.1, 0.15) is 18.7 Å². The van der Waals surface area contributed by atoms with Crippen molar-refractivity contribution >= 4 is 22.6 Å². The maximum atomic E-state index is 14.0. The molecule has 3 rings (SSSR count). The van der Waals surface area contributed by atoms with Gasteiger partial charge in [0.05, 0.1) is 5.52 Å². The Morgan fingerprint density at radius 1 is 1.24 bits per heavy atom. The fraction of sp³-hybridized carbons (Fsp3) is 0.462. The minimum atomic E-state index is -4.56. The SMILES string of the molecule is Fc1ccc2nc(CCCl)n(C3(C(F)(F)F)CC3)c2c1F. The molecule has 8 heteroatoms. The molecule has 1 heterocycles. The van der Waals surface area contributed by atoms with E-state index >= 15 is 0 Å². The Labute approximate surface area is 121 Å². The van der Waals surface area contributed by atoms with Crippen LogP contribution in [0.25, 0.3) is 11.0 Å². The highest BCUT2D eigenvalue weighted by atomic mass is 35.5. The normalized spacial score (nSPS) is 17.4. The lowest BCUT2D eigenvalue weighted by molar-refractivity contribution is -0.179. The molecule has 0 saturated heterocycles.